The van der Waals surface area contributed by atoms with Gasteiger partial charge in [-0.05, 0) is 42.3 Å². The number of amides is 1. The summed E-state index contributed by atoms with van der Waals surface area (Å²) >= 11 is 1.39. The van der Waals surface area contributed by atoms with Gasteiger partial charge in [-0.1, -0.05) is 59.9 Å². The Kier molecular flexibility index (Phi) is 5.27. The molecule has 0 N–H and O–H groups in total. The summed E-state index contributed by atoms with van der Waals surface area (Å²) in [4.78, 5) is 30.1. The molecule has 146 valence electrons. The van der Waals surface area contributed by atoms with E-state index in [9.17, 15) is 9.59 Å². The van der Waals surface area contributed by atoms with Crippen LogP contribution in [0.25, 0.3) is 21.0 Å². The van der Waals surface area contributed by atoms with Gasteiger partial charge >= 0.3 is 5.97 Å². The second-order valence-corrected chi connectivity index (χ2v) is 7.65. The Balaban J connectivity index is 1.88. The van der Waals surface area contributed by atoms with Crippen molar-refractivity contribution in [2.75, 3.05) is 6.61 Å². The largest absolute Gasteiger partial charge is 0.465 e. The van der Waals surface area contributed by atoms with E-state index >= 15 is 0 Å². The Morgan fingerprint density at radius 3 is 2.62 bits per heavy atom. The van der Waals surface area contributed by atoms with Crippen molar-refractivity contribution in [3.8, 4) is 0 Å². The van der Waals surface area contributed by atoms with Crippen molar-refractivity contribution >= 4 is 44.2 Å². The molecule has 0 spiro atoms. The predicted octanol–water partition coefficient (Wildman–Crippen LogP) is 4.47. The standard InChI is InChI=1S/C23H20N2O3S/c1-3-28-20(26)14-25-21-15(2)8-6-13-19(21)29-23(25)24-22(27)18-12-7-10-16-9-4-5-11-17(16)18/h4-13H,3,14H2,1-2H3. The van der Waals surface area contributed by atoms with E-state index in [1.807, 2.05) is 61.5 Å². The van der Waals surface area contributed by atoms with Crippen molar-refractivity contribution < 1.29 is 14.3 Å². The van der Waals surface area contributed by atoms with Gasteiger partial charge in [0.25, 0.3) is 5.91 Å². The van der Waals surface area contributed by atoms with Gasteiger partial charge in [0.1, 0.15) is 6.54 Å². The number of fused-ring (bicyclic) bond motifs is 2. The number of thiazole rings is 1. The molecule has 0 saturated carbocycles. The van der Waals surface area contributed by atoms with Crippen molar-refractivity contribution in [1.82, 2.24) is 4.57 Å². The van der Waals surface area contributed by atoms with Crippen molar-refractivity contribution in [2.24, 2.45) is 4.99 Å². The van der Waals surface area contributed by atoms with Crippen LogP contribution < -0.4 is 4.80 Å². The number of aromatic nitrogens is 1. The van der Waals surface area contributed by atoms with Crippen LogP contribution >= 0.6 is 11.3 Å². The van der Waals surface area contributed by atoms with Crippen LogP contribution in [0.5, 0.6) is 0 Å². The average Bonchev–Trinajstić information content (AvgIpc) is 3.05. The smallest absolute Gasteiger partial charge is 0.326 e. The molecule has 0 aliphatic carbocycles. The minimum Gasteiger partial charge on any atom is -0.465 e. The first-order valence-electron chi connectivity index (χ1n) is 9.40. The van der Waals surface area contributed by atoms with Crippen LogP contribution in [0.1, 0.15) is 22.8 Å². The van der Waals surface area contributed by atoms with E-state index in [1.165, 1.54) is 11.3 Å². The van der Waals surface area contributed by atoms with E-state index in [1.54, 1.807) is 17.6 Å². The number of benzene rings is 3. The number of carbonyl (C=O) groups excluding carboxylic acids is 2. The Bertz CT molecular complexity index is 1300. The molecule has 4 rings (SSSR count). The zero-order valence-electron chi connectivity index (χ0n) is 16.2. The van der Waals surface area contributed by atoms with Crippen LogP contribution in [0.4, 0.5) is 0 Å². The molecule has 1 amide bonds. The normalized spacial score (nSPS) is 11.9. The van der Waals surface area contributed by atoms with E-state index in [-0.39, 0.29) is 18.4 Å². The molecule has 0 atom stereocenters. The number of para-hydroxylation sites is 1. The number of esters is 1. The topological polar surface area (TPSA) is 60.7 Å². The highest BCUT2D eigenvalue weighted by Crippen LogP contribution is 2.22. The van der Waals surface area contributed by atoms with Gasteiger partial charge in [0.2, 0.25) is 0 Å². The number of hydrogen-bond acceptors (Lipinski definition) is 4. The van der Waals surface area contributed by atoms with Gasteiger partial charge in [-0.2, -0.15) is 4.99 Å². The second-order valence-electron chi connectivity index (χ2n) is 6.64. The fourth-order valence-corrected chi connectivity index (χ4v) is 4.54. The molecule has 5 nitrogen and oxygen atoms in total. The minimum atomic E-state index is -0.352. The van der Waals surface area contributed by atoms with Gasteiger partial charge < -0.3 is 9.30 Å². The summed E-state index contributed by atoms with van der Waals surface area (Å²) in [5, 5.41) is 1.85. The third-order valence-electron chi connectivity index (χ3n) is 4.71. The lowest BCUT2D eigenvalue weighted by Gasteiger charge is -2.07. The number of rotatable bonds is 4. The Hall–Kier alpha value is -3.25. The summed E-state index contributed by atoms with van der Waals surface area (Å²) in [6, 6.07) is 19.2. The van der Waals surface area contributed by atoms with Crippen LogP contribution in [0, 0.1) is 6.92 Å². The molecule has 6 heteroatoms. The lowest BCUT2D eigenvalue weighted by atomic mass is 10.0. The van der Waals surface area contributed by atoms with E-state index < -0.39 is 0 Å². The minimum absolute atomic E-state index is 0.0142. The fraction of sp³-hybridized carbons (Fsp3) is 0.174. The second kappa shape index (κ2) is 8.01. The van der Waals surface area contributed by atoms with E-state index in [0.717, 1.165) is 26.6 Å². The predicted molar refractivity (Wildman–Crippen MR) is 115 cm³/mol. The summed E-state index contributed by atoms with van der Waals surface area (Å²) in [6.45, 7) is 4.07. The molecular formula is C23H20N2O3S. The maximum atomic E-state index is 13.1. The summed E-state index contributed by atoms with van der Waals surface area (Å²) in [6.07, 6.45) is 0. The van der Waals surface area contributed by atoms with E-state index in [0.29, 0.717) is 17.0 Å². The lowest BCUT2D eigenvalue weighted by Crippen LogP contribution is -2.23. The number of hydrogen-bond donors (Lipinski definition) is 0. The van der Waals surface area contributed by atoms with Gasteiger partial charge in [0.15, 0.2) is 4.80 Å². The Morgan fingerprint density at radius 2 is 1.79 bits per heavy atom. The molecule has 0 fully saturated rings. The van der Waals surface area contributed by atoms with Gasteiger partial charge in [0.05, 0.1) is 16.8 Å². The molecule has 0 bridgehead atoms. The van der Waals surface area contributed by atoms with Crippen molar-refractivity contribution in [3.05, 3.63) is 76.6 Å². The molecule has 0 saturated heterocycles. The molecule has 1 heterocycles. The van der Waals surface area contributed by atoms with Gasteiger partial charge in [-0.15, -0.1) is 0 Å². The van der Waals surface area contributed by atoms with E-state index in [4.69, 9.17) is 4.74 Å². The summed E-state index contributed by atoms with van der Waals surface area (Å²) in [5.41, 5.74) is 2.46. The molecule has 0 unspecified atom stereocenters. The van der Waals surface area contributed by atoms with Crippen LogP contribution in [0.3, 0.4) is 0 Å². The number of nitrogens with zero attached hydrogens (tertiary/aromatic N) is 2. The summed E-state index contributed by atoms with van der Waals surface area (Å²) in [5.74, 6) is -0.682. The summed E-state index contributed by atoms with van der Waals surface area (Å²) in [7, 11) is 0. The monoisotopic (exact) mass is 404 g/mol. The van der Waals surface area contributed by atoms with Crippen molar-refractivity contribution in [3.63, 3.8) is 0 Å². The zero-order valence-corrected chi connectivity index (χ0v) is 17.0. The number of aryl methyl sites for hydroxylation is 1. The highest BCUT2D eigenvalue weighted by molar-refractivity contribution is 7.16. The van der Waals surface area contributed by atoms with Crippen LogP contribution in [0.2, 0.25) is 0 Å². The molecular weight excluding hydrogens is 384 g/mol. The molecule has 1 aromatic heterocycles. The van der Waals surface area contributed by atoms with Crippen LogP contribution in [-0.4, -0.2) is 23.1 Å². The third kappa shape index (κ3) is 3.71. The zero-order chi connectivity index (χ0) is 20.4. The highest BCUT2D eigenvalue weighted by atomic mass is 32.1. The lowest BCUT2D eigenvalue weighted by molar-refractivity contribution is -0.143. The van der Waals surface area contributed by atoms with E-state index in [2.05, 4.69) is 4.99 Å². The Morgan fingerprint density at radius 1 is 1.03 bits per heavy atom. The SMILES string of the molecule is CCOC(=O)Cn1c(=NC(=O)c2cccc3ccccc23)sc2cccc(C)c21. The van der Waals surface area contributed by atoms with Crippen LogP contribution in [0.15, 0.2) is 65.7 Å². The molecule has 29 heavy (non-hydrogen) atoms. The van der Waals surface area contributed by atoms with Gasteiger partial charge in [0, 0.05) is 5.56 Å². The third-order valence-corrected chi connectivity index (χ3v) is 5.76. The maximum Gasteiger partial charge on any atom is 0.326 e. The van der Waals surface area contributed by atoms with Crippen molar-refractivity contribution in [2.45, 2.75) is 20.4 Å². The molecule has 0 aliphatic rings. The summed E-state index contributed by atoms with van der Waals surface area (Å²) < 4.78 is 7.87. The number of ether oxygens (including phenoxy) is 1. The first-order valence-corrected chi connectivity index (χ1v) is 10.2. The van der Waals surface area contributed by atoms with Crippen molar-refractivity contribution in [1.29, 1.82) is 0 Å². The molecule has 4 aromatic rings. The molecule has 0 radical (unpaired) electrons. The first-order chi connectivity index (χ1) is 14.1. The van der Waals surface area contributed by atoms with Crippen LogP contribution in [-0.2, 0) is 16.1 Å². The molecule has 3 aromatic carbocycles. The van der Waals surface area contributed by atoms with Gasteiger partial charge in [-0.3, -0.25) is 9.59 Å². The number of carbonyl (C=O) groups is 2. The quantitative estimate of drug-likeness (QED) is 0.472. The fourth-order valence-electron chi connectivity index (χ4n) is 3.43. The highest BCUT2D eigenvalue weighted by Gasteiger charge is 2.15. The average molecular weight is 404 g/mol. The maximum absolute atomic E-state index is 13.1. The molecule has 0 aliphatic heterocycles. The first kappa shape index (κ1) is 19.1. The Labute approximate surface area is 171 Å². The van der Waals surface area contributed by atoms with Gasteiger partial charge in [-0.25, -0.2) is 0 Å².